The zero-order chi connectivity index (χ0) is 23.8. The Morgan fingerprint density at radius 2 is 1.91 bits per heavy atom. The highest BCUT2D eigenvalue weighted by Crippen LogP contribution is 2.24. The van der Waals surface area contributed by atoms with E-state index in [0.29, 0.717) is 37.1 Å². The van der Waals surface area contributed by atoms with Crippen molar-refractivity contribution in [3.8, 4) is 0 Å². The van der Waals surface area contributed by atoms with Crippen LogP contribution in [0.4, 0.5) is 8.78 Å². The number of amides is 1. The van der Waals surface area contributed by atoms with E-state index in [1.54, 1.807) is 15.2 Å². The fourth-order valence-corrected chi connectivity index (χ4v) is 4.78. The van der Waals surface area contributed by atoms with Crippen LogP contribution < -0.4 is 16.4 Å². The summed E-state index contributed by atoms with van der Waals surface area (Å²) in [7, 11) is 0. The maximum Gasteiger partial charge on any atom is 0.270 e. The molecule has 10 heteroatoms. The fraction of sp³-hybridized carbons (Fsp3) is 0.333. The Bertz CT molecular complexity index is 1400. The number of aromatic nitrogens is 3. The van der Waals surface area contributed by atoms with Crippen LogP contribution in [0.1, 0.15) is 24.4 Å². The molecule has 1 fully saturated rings. The topological polar surface area (TPSA) is 89.2 Å². The minimum atomic E-state index is -0.597. The molecule has 1 amide bonds. The van der Waals surface area contributed by atoms with Crippen LogP contribution in [0.2, 0.25) is 0 Å². The van der Waals surface area contributed by atoms with Crippen molar-refractivity contribution in [1.82, 2.24) is 24.3 Å². The second-order valence-corrected chi connectivity index (χ2v) is 8.69. The number of nitrogens with one attached hydrogen (secondary N) is 1. The van der Waals surface area contributed by atoms with Gasteiger partial charge in [0.05, 0.1) is 12.2 Å². The maximum atomic E-state index is 13.7. The van der Waals surface area contributed by atoms with Gasteiger partial charge in [-0.2, -0.15) is 0 Å². The van der Waals surface area contributed by atoms with Gasteiger partial charge in [0, 0.05) is 49.9 Å². The molecule has 0 spiro atoms. The predicted octanol–water partition coefficient (Wildman–Crippen LogP) is 1.69. The van der Waals surface area contributed by atoms with Gasteiger partial charge in [0.1, 0.15) is 22.8 Å². The van der Waals surface area contributed by atoms with Crippen molar-refractivity contribution in [2.24, 2.45) is 0 Å². The van der Waals surface area contributed by atoms with Crippen molar-refractivity contribution in [2.45, 2.75) is 31.5 Å². The van der Waals surface area contributed by atoms with E-state index in [4.69, 9.17) is 0 Å². The van der Waals surface area contributed by atoms with Crippen molar-refractivity contribution >= 4 is 23.1 Å². The molecule has 1 unspecified atom stereocenters. The molecule has 0 radical (unpaired) electrons. The molecule has 34 heavy (non-hydrogen) atoms. The van der Waals surface area contributed by atoms with Gasteiger partial charge in [0.25, 0.3) is 11.1 Å². The van der Waals surface area contributed by atoms with E-state index < -0.39 is 11.6 Å². The van der Waals surface area contributed by atoms with Crippen molar-refractivity contribution in [3.05, 3.63) is 80.5 Å². The monoisotopic (exact) mass is 467 g/mol. The first-order valence-electron chi connectivity index (χ1n) is 11.2. The molecule has 1 aromatic carbocycles. The average Bonchev–Trinajstić information content (AvgIpc) is 3.21. The molecule has 0 saturated carbocycles. The summed E-state index contributed by atoms with van der Waals surface area (Å²) in [5.74, 6) is -1.53. The first-order valence-corrected chi connectivity index (χ1v) is 11.2. The number of benzene rings is 1. The van der Waals surface area contributed by atoms with E-state index in [-0.39, 0.29) is 34.7 Å². The highest BCUT2D eigenvalue weighted by atomic mass is 19.1. The van der Waals surface area contributed by atoms with Crippen molar-refractivity contribution in [2.75, 3.05) is 19.6 Å². The number of carbonyl (C=O) groups is 1. The van der Waals surface area contributed by atoms with E-state index in [2.05, 4.69) is 15.2 Å². The molecule has 0 aliphatic carbocycles. The fourth-order valence-electron chi connectivity index (χ4n) is 4.78. The Morgan fingerprint density at radius 3 is 2.71 bits per heavy atom. The zero-order valence-electron chi connectivity index (χ0n) is 18.3. The van der Waals surface area contributed by atoms with Gasteiger partial charge < -0.3 is 10.2 Å². The number of rotatable bonds is 5. The van der Waals surface area contributed by atoms with Crippen LogP contribution >= 0.6 is 0 Å². The van der Waals surface area contributed by atoms with Crippen molar-refractivity contribution < 1.29 is 13.6 Å². The summed E-state index contributed by atoms with van der Waals surface area (Å²) < 4.78 is 30.2. The highest BCUT2D eigenvalue weighted by Gasteiger charge is 2.29. The predicted molar refractivity (Wildman–Crippen MR) is 122 cm³/mol. The molecule has 8 nitrogen and oxygen atoms in total. The first kappa shape index (κ1) is 22.1. The zero-order valence-corrected chi connectivity index (χ0v) is 18.3. The third kappa shape index (κ3) is 4.28. The number of piperidine rings is 1. The number of hydrogen-bond acceptors (Lipinski definition) is 5. The van der Waals surface area contributed by atoms with Crippen molar-refractivity contribution in [3.63, 3.8) is 0 Å². The molecular formula is C24H23F2N5O3. The molecular weight excluding hydrogens is 444 g/mol. The number of pyridine rings is 1. The molecule has 176 valence electrons. The lowest BCUT2D eigenvalue weighted by atomic mass is 10.0. The summed E-state index contributed by atoms with van der Waals surface area (Å²) >= 11 is 0. The van der Waals surface area contributed by atoms with Crippen LogP contribution in [-0.2, 0) is 11.3 Å². The standard InChI is InChI=1S/C24H23F2N5O3/c25-16-2-3-19(26)15(11-16)1-5-21(32)28-17-7-9-29(10-8-17)13-18-14-30-22(33)6-4-20-24(30)31(18)23(34)12-27-20/h1-6,11-12,17-18H,7-10,13-14H2,(H,28,32)/b5-1+. The van der Waals surface area contributed by atoms with Crippen LogP contribution in [0.3, 0.4) is 0 Å². The molecule has 4 heterocycles. The van der Waals surface area contributed by atoms with E-state index >= 15 is 0 Å². The van der Waals surface area contributed by atoms with Gasteiger partial charge in [-0.05, 0) is 43.2 Å². The van der Waals surface area contributed by atoms with Crippen molar-refractivity contribution in [1.29, 1.82) is 0 Å². The normalized spacial score (nSPS) is 18.7. The average molecular weight is 467 g/mol. The number of halogens is 2. The molecule has 1 saturated heterocycles. The highest BCUT2D eigenvalue weighted by molar-refractivity contribution is 5.91. The van der Waals surface area contributed by atoms with Crippen LogP contribution in [0.15, 0.2) is 52.2 Å². The van der Waals surface area contributed by atoms with E-state index in [1.165, 1.54) is 24.4 Å². The minimum Gasteiger partial charge on any atom is -0.350 e. The minimum absolute atomic E-state index is 0.0158. The Labute approximate surface area is 193 Å². The quantitative estimate of drug-likeness (QED) is 0.577. The molecule has 1 N–H and O–H groups in total. The molecule has 3 aromatic rings. The smallest absolute Gasteiger partial charge is 0.270 e. The number of nitrogens with zero attached hydrogens (tertiary/aromatic N) is 4. The Morgan fingerprint density at radius 1 is 1.12 bits per heavy atom. The van der Waals surface area contributed by atoms with Gasteiger partial charge in [-0.3, -0.25) is 23.5 Å². The third-order valence-electron chi connectivity index (χ3n) is 6.45. The van der Waals surface area contributed by atoms with Crippen LogP contribution in [-0.4, -0.2) is 50.6 Å². The molecule has 5 rings (SSSR count). The summed E-state index contributed by atoms with van der Waals surface area (Å²) in [6.07, 6.45) is 5.19. The first-order chi connectivity index (χ1) is 16.4. The summed E-state index contributed by atoms with van der Waals surface area (Å²) in [6, 6.07) is 5.99. The number of likely N-dealkylation sites (tertiary alicyclic amines) is 1. The van der Waals surface area contributed by atoms with E-state index in [0.717, 1.165) is 31.3 Å². The van der Waals surface area contributed by atoms with Gasteiger partial charge >= 0.3 is 0 Å². The van der Waals surface area contributed by atoms with Gasteiger partial charge in [-0.1, -0.05) is 0 Å². The van der Waals surface area contributed by atoms with E-state index in [9.17, 15) is 23.2 Å². The summed E-state index contributed by atoms with van der Waals surface area (Å²) in [4.78, 5) is 43.4. The summed E-state index contributed by atoms with van der Waals surface area (Å²) in [5, 5.41) is 2.91. The second-order valence-electron chi connectivity index (χ2n) is 8.69. The molecule has 0 bridgehead atoms. The number of carbonyl (C=O) groups excluding carboxylic acids is 1. The maximum absolute atomic E-state index is 13.7. The van der Waals surface area contributed by atoms with Crippen LogP contribution in [0.5, 0.6) is 0 Å². The Hall–Kier alpha value is -3.66. The third-order valence-corrected chi connectivity index (χ3v) is 6.45. The lowest BCUT2D eigenvalue weighted by Crippen LogP contribution is -2.46. The molecule has 2 aromatic heterocycles. The molecule has 1 atom stereocenters. The lowest BCUT2D eigenvalue weighted by Gasteiger charge is -2.33. The lowest BCUT2D eigenvalue weighted by molar-refractivity contribution is -0.117. The summed E-state index contributed by atoms with van der Waals surface area (Å²) in [5.41, 5.74) is 0.826. The summed E-state index contributed by atoms with van der Waals surface area (Å²) in [6.45, 7) is 2.48. The molecule has 2 aliphatic rings. The van der Waals surface area contributed by atoms with Gasteiger partial charge in [-0.15, -0.1) is 0 Å². The van der Waals surface area contributed by atoms with Crippen LogP contribution in [0.25, 0.3) is 17.2 Å². The second kappa shape index (κ2) is 8.94. The van der Waals surface area contributed by atoms with Gasteiger partial charge in [-0.25, -0.2) is 13.8 Å². The molecule has 2 aliphatic heterocycles. The Kier molecular flexibility index (Phi) is 5.82. The van der Waals surface area contributed by atoms with E-state index in [1.807, 2.05) is 0 Å². The SMILES string of the molecule is O=C(/C=C/c1cc(F)ccc1F)NC1CCN(CC2Cn3c(=O)ccc4ncc(=O)n2c43)CC1. The Balaban J connectivity index is 1.18. The van der Waals surface area contributed by atoms with Gasteiger partial charge in [0.15, 0.2) is 0 Å². The largest absolute Gasteiger partial charge is 0.350 e. The number of hydrogen-bond donors (Lipinski definition) is 1. The van der Waals surface area contributed by atoms with Gasteiger partial charge in [0.2, 0.25) is 5.91 Å². The van der Waals surface area contributed by atoms with Crippen LogP contribution in [0, 0.1) is 11.6 Å².